The Hall–Kier alpha value is -7.00. The lowest BCUT2D eigenvalue weighted by Crippen LogP contribution is -2.28. The predicted molar refractivity (Wildman–Crippen MR) is 242 cm³/mol. The van der Waals surface area contributed by atoms with Crippen LogP contribution in [0.4, 0.5) is 0 Å². The van der Waals surface area contributed by atoms with Gasteiger partial charge in [-0.3, -0.25) is 0 Å². The maximum atomic E-state index is 2.51. The van der Waals surface area contributed by atoms with Crippen LogP contribution in [0, 0.1) is 0 Å². The molecule has 0 N–H and O–H groups in total. The number of benzene rings is 9. The van der Waals surface area contributed by atoms with Crippen molar-refractivity contribution in [3.05, 3.63) is 235 Å². The number of rotatable bonds is 5. The van der Waals surface area contributed by atoms with Gasteiger partial charge in [-0.1, -0.05) is 158 Å². The number of thiophene rings is 1. The van der Waals surface area contributed by atoms with Crippen LogP contribution < -0.4 is 0 Å². The first-order valence-corrected chi connectivity index (χ1v) is 20.5. The molecule has 11 aromatic rings. The molecule has 0 saturated carbocycles. The molecule has 2 heterocycles. The number of nitrogens with zero attached hydrogens (tertiary/aromatic N) is 1. The van der Waals surface area contributed by atoms with E-state index in [1.54, 1.807) is 0 Å². The Kier molecular flexibility index (Phi) is 7.08. The van der Waals surface area contributed by atoms with E-state index in [4.69, 9.17) is 0 Å². The van der Waals surface area contributed by atoms with E-state index in [1.165, 1.54) is 97.6 Å². The second kappa shape index (κ2) is 12.5. The zero-order chi connectivity index (χ0) is 37.5. The molecule has 0 spiro atoms. The van der Waals surface area contributed by atoms with Crippen LogP contribution >= 0.6 is 11.3 Å². The molecule has 0 atom stereocenters. The van der Waals surface area contributed by atoms with Gasteiger partial charge in [0.05, 0.1) is 16.4 Å². The fraction of sp³-hybridized carbons (Fsp3) is 0.0182. The van der Waals surface area contributed by atoms with Crippen molar-refractivity contribution >= 4 is 53.3 Å². The summed E-state index contributed by atoms with van der Waals surface area (Å²) in [6, 6.07) is 78.9. The van der Waals surface area contributed by atoms with Gasteiger partial charge in [0, 0.05) is 36.6 Å². The highest BCUT2D eigenvalue weighted by Crippen LogP contribution is 2.58. The summed E-state index contributed by atoms with van der Waals surface area (Å²) < 4.78 is 5.14. The van der Waals surface area contributed by atoms with Gasteiger partial charge in [0.25, 0.3) is 0 Å². The molecule has 0 bridgehead atoms. The summed E-state index contributed by atoms with van der Waals surface area (Å²) in [4.78, 5) is 0. The topological polar surface area (TPSA) is 4.93 Å². The normalized spacial score (nSPS) is 13.1. The third-order valence-electron chi connectivity index (χ3n) is 12.3. The molecule has 12 rings (SSSR count). The van der Waals surface area contributed by atoms with Crippen molar-refractivity contribution in [1.82, 2.24) is 4.57 Å². The molecule has 0 radical (unpaired) electrons. The van der Waals surface area contributed by atoms with Crippen LogP contribution in [0.25, 0.3) is 81.0 Å². The number of fused-ring (bicyclic) bond motifs is 9. The Balaban J connectivity index is 1.16. The van der Waals surface area contributed by atoms with Crippen molar-refractivity contribution in [2.24, 2.45) is 0 Å². The Morgan fingerprint density at radius 1 is 0.333 bits per heavy atom. The maximum absolute atomic E-state index is 2.51. The van der Waals surface area contributed by atoms with Crippen LogP contribution in [-0.2, 0) is 5.41 Å². The lowest BCUT2D eigenvalue weighted by molar-refractivity contribution is 0.768. The van der Waals surface area contributed by atoms with Crippen molar-refractivity contribution in [1.29, 1.82) is 0 Å². The minimum absolute atomic E-state index is 0.528. The molecule has 1 nitrogen and oxygen atoms in total. The highest BCUT2D eigenvalue weighted by Gasteiger charge is 2.46. The standard InChI is InChI=1S/C55H35NS/c1-5-15-36(16-6-1)38-25-29-51-46(31-38)47-32-39(37-17-7-2-8-18-37)26-30-52(47)56(51)42-27-28-43-45-35-54-48(44-23-13-14-24-53(44)57-54)34-50(45)55(49(43)33-42,40-19-9-3-10-20-40)41-21-11-4-12-22-41/h1-35H. The third kappa shape index (κ3) is 4.75. The van der Waals surface area contributed by atoms with Crippen molar-refractivity contribution in [3.8, 4) is 39.1 Å². The minimum Gasteiger partial charge on any atom is -0.309 e. The summed E-state index contributed by atoms with van der Waals surface area (Å²) >= 11 is 1.89. The van der Waals surface area contributed by atoms with Gasteiger partial charge in [-0.15, -0.1) is 11.3 Å². The lowest BCUT2D eigenvalue weighted by atomic mass is 9.67. The van der Waals surface area contributed by atoms with Crippen molar-refractivity contribution < 1.29 is 0 Å². The van der Waals surface area contributed by atoms with E-state index in [0.29, 0.717) is 0 Å². The molecule has 0 amide bonds. The fourth-order valence-electron chi connectivity index (χ4n) is 9.75. The predicted octanol–water partition coefficient (Wildman–Crippen LogP) is 14.8. The van der Waals surface area contributed by atoms with Crippen LogP contribution in [0.3, 0.4) is 0 Å². The van der Waals surface area contributed by atoms with E-state index in [2.05, 4.69) is 217 Å². The summed E-state index contributed by atoms with van der Waals surface area (Å²) in [7, 11) is 0. The van der Waals surface area contributed by atoms with Gasteiger partial charge in [-0.2, -0.15) is 0 Å². The van der Waals surface area contributed by atoms with Gasteiger partial charge in [-0.05, 0) is 110 Å². The molecule has 0 aliphatic heterocycles. The molecule has 9 aromatic carbocycles. The van der Waals surface area contributed by atoms with Crippen molar-refractivity contribution in [2.45, 2.75) is 5.41 Å². The van der Waals surface area contributed by atoms with Crippen molar-refractivity contribution in [3.63, 3.8) is 0 Å². The molecule has 2 heteroatoms. The van der Waals surface area contributed by atoms with Crippen LogP contribution in [0.5, 0.6) is 0 Å². The second-order valence-electron chi connectivity index (χ2n) is 15.2. The number of hydrogen-bond acceptors (Lipinski definition) is 1. The first-order chi connectivity index (χ1) is 28.3. The van der Waals surface area contributed by atoms with Crippen LogP contribution in [0.15, 0.2) is 212 Å². The minimum atomic E-state index is -0.528. The van der Waals surface area contributed by atoms with E-state index in [-0.39, 0.29) is 0 Å². The molecule has 0 saturated heterocycles. The van der Waals surface area contributed by atoms with E-state index < -0.39 is 5.41 Å². The average molecular weight is 742 g/mol. The van der Waals surface area contributed by atoms with E-state index >= 15 is 0 Å². The molecule has 0 fully saturated rings. The van der Waals surface area contributed by atoms with Crippen LogP contribution in [0.2, 0.25) is 0 Å². The zero-order valence-corrected chi connectivity index (χ0v) is 31.9. The van der Waals surface area contributed by atoms with Crippen LogP contribution in [0.1, 0.15) is 22.3 Å². The first-order valence-electron chi connectivity index (χ1n) is 19.7. The maximum Gasteiger partial charge on any atom is 0.0714 e. The highest BCUT2D eigenvalue weighted by molar-refractivity contribution is 7.25. The van der Waals surface area contributed by atoms with Gasteiger partial charge >= 0.3 is 0 Å². The molecule has 1 aliphatic carbocycles. The van der Waals surface area contributed by atoms with Gasteiger partial charge in [-0.25, -0.2) is 0 Å². The van der Waals surface area contributed by atoms with E-state index in [9.17, 15) is 0 Å². The summed E-state index contributed by atoms with van der Waals surface area (Å²) in [5.74, 6) is 0. The molecule has 266 valence electrons. The molecule has 0 unspecified atom stereocenters. The van der Waals surface area contributed by atoms with E-state index in [0.717, 1.165) is 5.69 Å². The highest BCUT2D eigenvalue weighted by atomic mass is 32.1. The lowest BCUT2D eigenvalue weighted by Gasteiger charge is -2.34. The average Bonchev–Trinajstić information content (AvgIpc) is 3.91. The first kappa shape index (κ1) is 32.3. The molecule has 1 aliphatic rings. The summed E-state index contributed by atoms with van der Waals surface area (Å²) in [6.07, 6.45) is 0. The molecule has 2 aromatic heterocycles. The monoisotopic (exact) mass is 741 g/mol. The Morgan fingerprint density at radius 3 is 1.46 bits per heavy atom. The summed E-state index contributed by atoms with van der Waals surface area (Å²) in [5.41, 5.74) is 15.7. The van der Waals surface area contributed by atoms with E-state index in [1.807, 2.05) is 11.3 Å². The molecular formula is C55H35NS. The van der Waals surface area contributed by atoms with Gasteiger partial charge in [0.2, 0.25) is 0 Å². The Morgan fingerprint density at radius 2 is 0.860 bits per heavy atom. The quantitative estimate of drug-likeness (QED) is 0.166. The summed E-state index contributed by atoms with van der Waals surface area (Å²) in [5, 5.41) is 5.14. The Bertz CT molecular complexity index is 3180. The SMILES string of the molecule is c1ccc(-c2ccc3c(c2)c2cc(-c4ccccc4)ccc2n3-c2ccc3c(c2)C(c2ccccc2)(c2ccccc2)c2cc4c(cc2-3)sc2ccccc24)cc1. The number of hydrogen-bond donors (Lipinski definition) is 0. The molecular weight excluding hydrogens is 707 g/mol. The third-order valence-corrected chi connectivity index (χ3v) is 13.4. The fourth-order valence-corrected chi connectivity index (χ4v) is 10.9. The van der Waals surface area contributed by atoms with Gasteiger partial charge < -0.3 is 4.57 Å². The van der Waals surface area contributed by atoms with Gasteiger partial charge in [0.15, 0.2) is 0 Å². The smallest absolute Gasteiger partial charge is 0.0714 e. The zero-order valence-electron chi connectivity index (χ0n) is 31.1. The van der Waals surface area contributed by atoms with Crippen LogP contribution in [-0.4, -0.2) is 4.57 Å². The second-order valence-corrected chi connectivity index (χ2v) is 16.3. The number of aromatic nitrogens is 1. The Labute approximate surface area is 335 Å². The van der Waals surface area contributed by atoms with Crippen molar-refractivity contribution in [2.75, 3.05) is 0 Å². The largest absolute Gasteiger partial charge is 0.309 e. The summed E-state index contributed by atoms with van der Waals surface area (Å²) in [6.45, 7) is 0. The van der Waals surface area contributed by atoms with Gasteiger partial charge in [0.1, 0.15) is 0 Å². The molecule has 57 heavy (non-hydrogen) atoms.